The van der Waals surface area contributed by atoms with Crippen molar-refractivity contribution in [2.75, 3.05) is 13.2 Å². The first-order valence-electron chi connectivity index (χ1n) is 7.97. The average Bonchev–Trinajstić information content (AvgIpc) is 2.78. The van der Waals surface area contributed by atoms with Crippen molar-refractivity contribution in [3.05, 3.63) is 17.5 Å². The van der Waals surface area contributed by atoms with E-state index in [1.54, 1.807) is 0 Å². The molecule has 1 heterocycles. The summed E-state index contributed by atoms with van der Waals surface area (Å²) in [7, 11) is 0. The van der Waals surface area contributed by atoms with Gasteiger partial charge in [-0.25, -0.2) is 0 Å². The lowest BCUT2D eigenvalue weighted by Gasteiger charge is -2.39. The molecule has 1 fully saturated rings. The third-order valence-electron chi connectivity index (χ3n) is 4.30. The van der Waals surface area contributed by atoms with Crippen LogP contribution in [-0.2, 0) is 9.53 Å². The van der Waals surface area contributed by atoms with Gasteiger partial charge in [-0.2, -0.15) is 5.10 Å². The molecule has 1 aromatic heterocycles. The SMILES string of the molecule is CCNC1(C(=O)OCC)CCCC(n2nc(C)cc2C)C1. The number of ether oxygens (including phenoxy) is 1. The molecule has 5 heteroatoms. The number of nitrogens with zero attached hydrogens (tertiary/aromatic N) is 2. The van der Waals surface area contributed by atoms with Crippen LogP contribution in [0.2, 0.25) is 0 Å². The minimum absolute atomic E-state index is 0.113. The van der Waals surface area contributed by atoms with E-state index in [0.29, 0.717) is 6.61 Å². The summed E-state index contributed by atoms with van der Waals surface area (Å²) in [6, 6.07) is 2.35. The van der Waals surface area contributed by atoms with Crippen LogP contribution < -0.4 is 5.32 Å². The smallest absolute Gasteiger partial charge is 0.326 e. The van der Waals surface area contributed by atoms with E-state index in [1.165, 1.54) is 0 Å². The Morgan fingerprint density at radius 3 is 2.86 bits per heavy atom. The van der Waals surface area contributed by atoms with E-state index >= 15 is 0 Å². The Balaban J connectivity index is 2.24. The zero-order valence-electron chi connectivity index (χ0n) is 13.6. The highest BCUT2D eigenvalue weighted by Gasteiger charge is 2.44. The van der Waals surface area contributed by atoms with Crippen LogP contribution in [0.1, 0.15) is 57.0 Å². The fourth-order valence-electron chi connectivity index (χ4n) is 3.50. The van der Waals surface area contributed by atoms with Gasteiger partial charge in [0, 0.05) is 5.69 Å². The fraction of sp³-hybridized carbons (Fsp3) is 0.750. The van der Waals surface area contributed by atoms with Crippen LogP contribution in [0.5, 0.6) is 0 Å². The van der Waals surface area contributed by atoms with Gasteiger partial charge in [-0.15, -0.1) is 0 Å². The zero-order chi connectivity index (χ0) is 15.5. The highest BCUT2D eigenvalue weighted by atomic mass is 16.5. The molecule has 2 rings (SSSR count). The van der Waals surface area contributed by atoms with Crippen molar-refractivity contribution in [2.45, 2.75) is 65.0 Å². The Labute approximate surface area is 127 Å². The first kappa shape index (κ1) is 16.0. The molecule has 2 unspecified atom stereocenters. The summed E-state index contributed by atoms with van der Waals surface area (Å²) in [6.45, 7) is 9.18. The number of likely N-dealkylation sites (N-methyl/N-ethyl adjacent to an activating group) is 1. The van der Waals surface area contributed by atoms with Crippen molar-refractivity contribution in [1.29, 1.82) is 0 Å². The fourth-order valence-corrected chi connectivity index (χ4v) is 3.50. The molecule has 0 spiro atoms. The molecule has 0 aromatic carbocycles. The molecule has 1 saturated carbocycles. The maximum absolute atomic E-state index is 12.5. The second-order valence-electron chi connectivity index (χ2n) is 5.95. The molecule has 0 radical (unpaired) electrons. The van der Waals surface area contributed by atoms with Gasteiger partial charge in [0.15, 0.2) is 0 Å². The van der Waals surface area contributed by atoms with Gasteiger partial charge >= 0.3 is 5.97 Å². The van der Waals surface area contributed by atoms with Gasteiger partial charge in [0.05, 0.1) is 18.3 Å². The molecule has 0 amide bonds. The van der Waals surface area contributed by atoms with Crippen molar-refractivity contribution < 1.29 is 9.53 Å². The van der Waals surface area contributed by atoms with E-state index in [2.05, 4.69) is 28.1 Å². The van der Waals surface area contributed by atoms with E-state index in [9.17, 15) is 4.79 Å². The van der Waals surface area contributed by atoms with Crippen LogP contribution >= 0.6 is 0 Å². The first-order chi connectivity index (χ1) is 10.0. The average molecular weight is 293 g/mol. The maximum atomic E-state index is 12.5. The van der Waals surface area contributed by atoms with Crippen LogP contribution in [-0.4, -0.2) is 34.4 Å². The monoisotopic (exact) mass is 293 g/mol. The van der Waals surface area contributed by atoms with E-state index in [4.69, 9.17) is 4.74 Å². The van der Waals surface area contributed by atoms with Gasteiger partial charge in [0.1, 0.15) is 5.54 Å². The Bertz CT molecular complexity index is 494. The summed E-state index contributed by atoms with van der Waals surface area (Å²) >= 11 is 0. The minimum atomic E-state index is -0.556. The topological polar surface area (TPSA) is 56.1 Å². The number of esters is 1. The van der Waals surface area contributed by atoms with Crippen LogP contribution in [0, 0.1) is 13.8 Å². The number of rotatable bonds is 5. The Morgan fingerprint density at radius 2 is 2.29 bits per heavy atom. The summed E-state index contributed by atoms with van der Waals surface area (Å²) in [5.41, 5.74) is 1.64. The molecular formula is C16H27N3O2. The number of aryl methyl sites for hydroxylation is 2. The second-order valence-corrected chi connectivity index (χ2v) is 5.95. The largest absolute Gasteiger partial charge is 0.465 e. The van der Waals surface area contributed by atoms with E-state index in [1.807, 2.05) is 20.8 Å². The van der Waals surface area contributed by atoms with Crippen LogP contribution in [0.4, 0.5) is 0 Å². The standard InChI is InChI=1S/C16H27N3O2/c1-5-17-16(15(20)21-6-2)9-7-8-14(11-16)19-13(4)10-12(3)18-19/h10,14,17H,5-9,11H2,1-4H3. The quantitative estimate of drug-likeness (QED) is 0.848. The lowest BCUT2D eigenvalue weighted by molar-refractivity contribution is -0.153. The number of nitrogens with one attached hydrogen (secondary N) is 1. The van der Waals surface area contributed by atoms with Crippen molar-refractivity contribution >= 4 is 5.97 Å². The predicted molar refractivity (Wildman–Crippen MR) is 82.2 cm³/mol. The number of hydrogen-bond donors (Lipinski definition) is 1. The highest BCUT2D eigenvalue weighted by Crippen LogP contribution is 2.36. The van der Waals surface area contributed by atoms with Gasteiger partial charge in [0.2, 0.25) is 0 Å². The molecule has 118 valence electrons. The van der Waals surface area contributed by atoms with E-state index < -0.39 is 5.54 Å². The lowest BCUT2D eigenvalue weighted by Crippen LogP contribution is -2.55. The third kappa shape index (κ3) is 3.28. The van der Waals surface area contributed by atoms with Crippen molar-refractivity contribution in [3.8, 4) is 0 Å². The van der Waals surface area contributed by atoms with Crippen LogP contribution in [0.25, 0.3) is 0 Å². The molecule has 0 saturated heterocycles. The molecule has 1 aliphatic rings. The normalized spacial score (nSPS) is 25.8. The molecule has 1 aliphatic carbocycles. The second kappa shape index (κ2) is 6.60. The summed E-state index contributed by atoms with van der Waals surface area (Å²) < 4.78 is 7.41. The van der Waals surface area contributed by atoms with Crippen molar-refractivity contribution in [3.63, 3.8) is 0 Å². The molecule has 2 atom stereocenters. The summed E-state index contributed by atoms with van der Waals surface area (Å²) in [5, 5.41) is 7.99. The van der Waals surface area contributed by atoms with Gasteiger partial charge in [-0.3, -0.25) is 9.48 Å². The Hall–Kier alpha value is -1.36. The van der Waals surface area contributed by atoms with Crippen LogP contribution in [0.3, 0.4) is 0 Å². The molecular weight excluding hydrogens is 266 g/mol. The molecule has 5 nitrogen and oxygen atoms in total. The lowest BCUT2D eigenvalue weighted by atomic mass is 9.78. The number of carbonyl (C=O) groups excluding carboxylic acids is 1. The van der Waals surface area contributed by atoms with Gasteiger partial charge < -0.3 is 10.1 Å². The molecule has 1 aromatic rings. The number of carbonyl (C=O) groups is 1. The number of aromatic nitrogens is 2. The number of hydrogen-bond acceptors (Lipinski definition) is 4. The van der Waals surface area contributed by atoms with E-state index in [-0.39, 0.29) is 12.0 Å². The van der Waals surface area contributed by atoms with Gasteiger partial charge in [-0.1, -0.05) is 6.92 Å². The molecule has 0 bridgehead atoms. The third-order valence-corrected chi connectivity index (χ3v) is 4.30. The van der Waals surface area contributed by atoms with Gasteiger partial charge in [0.25, 0.3) is 0 Å². The zero-order valence-corrected chi connectivity index (χ0v) is 13.6. The van der Waals surface area contributed by atoms with Crippen molar-refractivity contribution in [1.82, 2.24) is 15.1 Å². The van der Waals surface area contributed by atoms with E-state index in [0.717, 1.165) is 43.6 Å². The summed E-state index contributed by atoms with van der Waals surface area (Å²) in [6.07, 6.45) is 3.67. The van der Waals surface area contributed by atoms with Crippen molar-refractivity contribution in [2.24, 2.45) is 0 Å². The summed E-state index contributed by atoms with van der Waals surface area (Å²) in [5.74, 6) is -0.113. The van der Waals surface area contributed by atoms with Crippen LogP contribution in [0.15, 0.2) is 6.07 Å². The summed E-state index contributed by atoms with van der Waals surface area (Å²) in [4.78, 5) is 12.5. The van der Waals surface area contributed by atoms with Gasteiger partial charge in [-0.05, 0) is 59.1 Å². The molecule has 0 aliphatic heterocycles. The Kier molecular flexibility index (Phi) is 5.04. The Morgan fingerprint density at radius 1 is 1.52 bits per heavy atom. The molecule has 1 N–H and O–H groups in total. The first-order valence-corrected chi connectivity index (χ1v) is 7.97. The highest BCUT2D eigenvalue weighted by molar-refractivity contribution is 5.81. The maximum Gasteiger partial charge on any atom is 0.326 e. The predicted octanol–water partition coefficient (Wildman–Crippen LogP) is 2.53. The minimum Gasteiger partial charge on any atom is -0.465 e. The molecule has 21 heavy (non-hydrogen) atoms.